The number of para-hydroxylation sites is 2. The Morgan fingerprint density at radius 2 is 1.38 bits per heavy atom. The molecule has 0 unspecified atom stereocenters. The molecule has 0 aliphatic heterocycles. The van der Waals surface area contributed by atoms with Gasteiger partial charge in [-0.2, -0.15) is 0 Å². The third-order valence-electron chi connectivity index (χ3n) is 11.7. The molecule has 5 atom stereocenters. The van der Waals surface area contributed by atoms with Gasteiger partial charge in [0.25, 0.3) is 0 Å². The van der Waals surface area contributed by atoms with Gasteiger partial charge in [-0.15, -0.1) is 0 Å². The minimum Gasteiger partial charge on any atom is -0.370 e. The van der Waals surface area contributed by atoms with Crippen molar-refractivity contribution >= 4 is 62.7 Å². The lowest BCUT2D eigenvalue weighted by Gasteiger charge is -2.28. The van der Waals surface area contributed by atoms with Gasteiger partial charge >= 0.3 is 0 Å². The van der Waals surface area contributed by atoms with E-state index in [4.69, 9.17) is 17.2 Å². The fraction of sp³-hybridized carbons (Fsp3) is 0.458. The van der Waals surface area contributed by atoms with E-state index in [-0.39, 0.29) is 87.1 Å². The number of aromatic amines is 3. The molecule has 0 fully saturated rings. The van der Waals surface area contributed by atoms with Gasteiger partial charge < -0.3 is 42.8 Å². The summed E-state index contributed by atoms with van der Waals surface area (Å²) in [4.78, 5) is 101. The molecule has 3 aromatic heterocycles. The summed E-state index contributed by atoms with van der Waals surface area (Å²) in [6.07, 6.45) is 6.95. The number of carbonyl (C=O) groups is 6. The van der Waals surface area contributed by atoms with Crippen molar-refractivity contribution in [1.82, 2.24) is 30.6 Å². The highest BCUT2D eigenvalue weighted by atomic mass is 16.2. The first-order valence-electron chi connectivity index (χ1n) is 22.0. The van der Waals surface area contributed by atoms with Crippen molar-refractivity contribution in [3.05, 3.63) is 90.3 Å². The Kier molecular flexibility index (Phi) is 16.9. The van der Waals surface area contributed by atoms with Gasteiger partial charge in [-0.3, -0.25) is 33.8 Å². The summed E-state index contributed by atoms with van der Waals surface area (Å²) >= 11 is 0. The van der Waals surface area contributed by atoms with E-state index in [1.165, 1.54) is 6.33 Å². The zero-order chi connectivity index (χ0) is 46.6. The van der Waals surface area contributed by atoms with Gasteiger partial charge in [0.05, 0.1) is 24.5 Å². The Balaban J connectivity index is 1.33. The van der Waals surface area contributed by atoms with Crippen LogP contribution in [0.1, 0.15) is 90.0 Å². The topological polar surface area (TPSA) is 277 Å². The molecule has 16 heteroatoms. The SMILES string of the molecule is CC(C)[C@H](CC(=O)[C@H](Cc1c[nH]c2ccccc12)NC(=O)CCC(=O)[C@H](CCCN=C(N)N)NC(=O)[C@@H](CC(=O)[C@@H](N)Cc1cnc[nH]1)Cc1c[nH]c2ccccc12)C(=O)C(C)(C)C. The number of benzene rings is 2. The molecule has 16 nitrogen and oxygen atoms in total. The maximum absolute atomic E-state index is 14.3. The first-order valence-corrected chi connectivity index (χ1v) is 22.0. The summed E-state index contributed by atoms with van der Waals surface area (Å²) in [7, 11) is 0. The number of ketones is 4. The van der Waals surface area contributed by atoms with Crippen LogP contribution >= 0.6 is 0 Å². The normalized spacial score (nSPS) is 14.1. The van der Waals surface area contributed by atoms with Crippen LogP contribution in [-0.2, 0) is 48.0 Å². The van der Waals surface area contributed by atoms with Crippen molar-refractivity contribution in [2.24, 2.45) is 45.4 Å². The lowest BCUT2D eigenvalue weighted by atomic mass is 9.75. The minimum absolute atomic E-state index is 0.0309. The number of guanidine groups is 1. The number of amides is 2. The van der Waals surface area contributed by atoms with Crippen molar-refractivity contribution in [3.8, 4) is 0 Å². The molecule has 0 bridgehead atoms. The number of aromatic nitrogens is 4. The van der Waals surface area contributed by atoms with Crippen LogP contribution in [0.4, 0.5) is 0 Å². The molecule has 0 saturated carbocycles. The van der Waals surface area contributed by atoms with Crippen LogP contribution in [0, 0.1) is 23.2 Å². The number of carbonyl (C=O) groups excluding carboxylic acids is 6. The third-order valence-corrected chi connectivity index (χ3v) is 11.7. The number of nitrogens with two attached hydrogens (primary N) is 3. The molecule has 2 aromatic carbocycles. The molecule has 0 spiro atoms. The number of H-pyrrole nitrogens is 3. The highest BCUT2D eigenvalue weighted by molar-refractivity contribution is 5.97. The van der Waals surface area contributed by atoms with Gasteiger partial charge in [-0.05, 0) is 48.4 Å². The van der Waals surface area contributed by atoms with E-state index in [0.29, 0.717) is 12.1 Å². The van der Waals surface area contributed by atoms with Crippen LogP contribution < -0.4 is 27.8 Å². The first-order chi connectivity index (χ1) is 30.4. The predicted octanol–water partition coefficient (Wildman–Crippen LogP) is 4.52. The van der Waals surface area contributed by atoms with E-state index in [1.807, 2.05) is 89.3 Å². The summed E-state index contributed by atoms with van der Waals surface area (Å²) in [6.45, 7) is 9.50. The lowest BCUT2D eigenvalue weighted by Crippen LogP contribution is -2.46. The van der Waals surface area contributed by atoms with E-state index in [9.17, 15) is 28.8 Å². The zero-order valence-electron chi connectivity index (χ0n) is 37.5. The Bertz CT molecular complexity index is 2420. The quantitative estimate of drug-likeness (QED) is 0.0231. The van der Waals surface area contributed by atoms with E-state index in [0.717, 1.165) is 32.9 Å². The third kappa shape index (κ3) is 13.5. The van der Waals surface area contributed by atoms with Gasteiger partial charge in [0, 0.05) is 108 Å². The summed E-state index contributed by atoms with van der Waals surface area (Å²) in [5.41, 5.74) is 20.8. The minimum atomic E-state index is -1.05. The highest BCUT2D eigenvalue weighted by Gasteiger charge is 2.36. The molecule has 64 heavy (non-hydrogen) atoms. The number of nitrogens with zero attached hydrogens (tertiary/aromatic N) is 2. The second-order valence-electron chi connectivity index (χ2n) is 18.1. The predicted molar refractivity (Wildman–Crippen MR) is 248 cm³/mol. The number of nitrogens with one attached hydrogen (secondary N) is 5. The van der Waals surface area contributed by atoms with Crippen molar-refractivity contribution in [2.75, 3.05) is 6.54 Å². The van der Waals surface area contributed by atoms with Crippen molar-refractivity contribution in [3.63, 3.8) is 0 Å². The molecule has 2 amide bonds. The summed E-state index contributed by atoms with van der Waals surface area (Å²) in [6, 6.07) is 12.3. The van der Waals surface area contributed by atoms with Gasteiger partial charge in [0.15, 0.2) is 23.3 Å². The van der Waals surface area contributed by atoms with Crippen molar-refractivity contribution in [2.45, 2.75) is 111 Å². The molecule has 0 aliphatic rings. The largest absolute Gasteiger partial charge is 0.370 e. The molecule has 0 radical (unpaired) electrons. The van der Waals surface area contributed by atoms with Crippen LogP contribution in [0.5, 0.6) is 0 Å². The smallest absolute Gasteiger partial charge is 0.224 e. The molecular weight excluding hydrogens is 813 g/mol. The molecule has 342 valence electrons. The van der Waals surface area contributed by atoms with Gasteiger partial charge in [0.2, 0.25) is 11.8 Å². The number of rotatable bonds is 25. The Morgan fingerprint density at radius 1 is 0.750 bits per heavy atom. The molecule has 3 heterocycles. The fourth-order valence-electron chi connectivity index (χ4n) is 8.06. The number of hydrogen-bond donors (Lipinski definition) is 8. The molecule has 5 rings (SSSR count). The summed E-state index contributed by atoms with van der Waals surface area (Å²) in [5, 5.41) is 7.59. The van der Waals surface area contributed by atoms with Crippen LogP contribution in [0.3, 0.4) is 0 Å². The maximum atomic E-state index is 14.3. The summed E-state index contributed by atoms with van der Waals surface area (Å²) in [5.74, 6) is -3.81. The molecule has 0 saturated heterocycles. The van der Waals surface area contributed by atoms with Crippen LogP contribution in [-0.4, -0.2) is 85.5 Å². The van der Waals surface area contributed by atoms with Crippen molar-refractivity contribution in [1.29, 1.82) is 0 Å². The average Bonchev–Trinajstić information content (AvgIpc) is 4.02. The Hall–Kier alpha value is -6.42. The number of hydrogen-bond acceptors (Lipinski definition) is 9. The van der Waals surface area contributed by atoms with Crippen LogP contribution in [0.15, 0.2) is 78.4 Å². The Labute approximate surface area is 373 Å². The number of aliphatic imine (C=N–C) groups is 1. The van der Waals surface area contributed by atoms with Gasteiger partial charge in [-0.1, -0.05) is 71.0 Å². The molecular formula is C48H64N10O6. The fourth-order valence-corrected chi connectivity index (χ4v) is 8.06. The Morgan fingerprint density at radius 3 is 1.95 bits per heavy atom. The van der Waals surface area contributed by atoms with E-state index in [1.54, 1.807) is 12.4 Å². The number of fused-ring (bicyclic) bond motifs is 2. The molecule has 0 aliphatic carbocycles. The standard InChI is InChI=1S/C48H64N10O6/c1-28(2)35(45(63)48(3,4)5)23-43(61)40(20-31-25-55-38-14-9-7-12-34(31)38)57-44(62)17-16-41(59)39(15-10-18-53-47(50)51)58-46(64)29(19-30-24-54-37-13-8-6-11-33(30)37)21-42(60)36(49)22-32-26-52-27-56-32/h6-9,11-14,24-29,35-36,39-40,54-55H,10,15-23,49H2,1-5H3,(H,52,56)(H,57,62)(H,58,64)(H4,50,51,53)/t29-,35+,36+,39+,40+/m1/s1. The van der Waals surface area contributed by atoms with E-state index in [2.05, 4.69) is 35.6 Å². The summed E-state index contributed by atoms with van der Waals surface area (Å²) < 4.78 is 0. The van der Waals surface area contributed by atoms with E-state index < -0.39 is 53.0 Å². The van der Waals surface area contributed by atoms with Crippen molar-refractivity contribution < 1.29 is 28.8 Å². The van der Waals surface area contributed by atoms with Gasteiger partial charge in [0.1, 0.15) is 5.78 Å². The van der Waals surface area contributed by atoms with Gasteiger partial charge in [-0.25, -0.2) is 4.98 Å². The maximum Gasteiger partial charge on any atom is 0.224 e. The molecule has 5 aromatic rings. The average molecular weight is 877 g/mol. The lowest BCUT2D eigenvalue weighted by molar-refractivity contribution is -0.136. The first kappa shape index (κ1) is 48.6. The second kappa shape index (κ2) is 22.3. The monoisotopic (exact) mass is 877 g/mol. The van der Waals surface area contributed by atoms with E-state index >= 15 is 0 Å². The highest BCUT2D eigenvalue weighted by Crippen LogP contribution is 2.29. The number of imidazole rings is 1. The zero-order valence-corrected chi connectivity index (χ0v) is 37.5. The van der Waals surface area contributed by atoms with Crippen LogP contribution in [0.2, 0.25) is 0 Å². The molecule has 11 N–H and O–H groups in total. The second-order valence-corrected chi connectivity index (χ2v) is 18.1. The van der Waals surface area contributed by atoms with Crippen LogP contribution in [0.25, 0.3) is 21.8 Å². The number of Topliss-reactive ketones (excluding diaryl/α,β-unsaturated/α-hetero) is 4.